The van der Waals surface area contributed by atoms with Crippen molar-refractivity contribution in [1.82, 2.24) is 5.32 Å². The summed E-state index contributed by atoms with van der Waals surface area (Å²) in [6.45, 7) is 2.16. The Labute approximate surface area is 165 Å². The number of guanidine groups is 1. The number of nitrogens with zero attached hydrogens (tertiary/aromatic N) is 1. The highest BCUT2D eigenvalue weighted by atomic mass is 16.5. The minimum Gasteiger partial charge on any atom is -0.496 e. The van der Waals surface area contributed by atoms with Crippen LogP contribution in [0.4, 0.5) is 5.69 Å². The highest BCUT2D eigenvalue weighted by Gasteiger charge is 2.46. The molecule has 0 saturated heterocycles. The van der Waals surface area contributed by atoms with Crippen LogP contribution in [-0.4, -0.2) is 39.9 Å². The highest BCUT2D eigenvalue weighted by molar-refractivity contribution is 5.94. The lowest BCUT2D eigenvalue weighted by atomic mass is 9.95. The van der Waals surface area contributed by atoms with Crippen molar-refractivity contribution in [3.05, 3.63) is 48.0 Å². The van der Waals surface area contributed by atoms with Gasteiger partial charge in [-0.05, 0) is 31.0 Å². The predicted octanol–water partition coefficient (Wildman–Crippen LogP) is 3.58. The molecule has 6 heteroatoms. The van der Waals surface area contributed by atoms with Crippen LogP contribution in [-0.2, 0) is 5.41 Å². The Balaban J connectivity index is 1.43. The summed E-state index contributed by atoms with van der Waals surface area (Å²) in [5.74, 6) is 3.24. The first-order chi connectivity index (χ1) is 13.7. The molecule has 1 heterocycles. The van der Waals surface area contributed by atoms with Gasteiger partial charge >= 0.3 is 0 Å². The molecule has 0 aromatic heterocycles. The Morgan fingerprint density at radius 2 is 1.89 bits per heavy atom. The molecule has 6 nitrogen and oxygen atoms in total. The van der Waals surface area contributed by atoms with E-state index in [4.69, 9.17) is 14.2 Å². The van der Waals surface area contributed by atoms with Crippen LogP contribution in [0.25, 0.3) is 0 Å². The molecule has 148 valence electrons. The smallest absolute Gasteiger partial charge is 0.195 e. The first-order valence-electron chi connectivity index (χ1n) is 9.75. The minimum atomic E-state index is 0.106. The van der Waals surface area contributed by atoms with E-state index in [-0.39, 0.29) is 5.41 Å². The number of fused-ring (bicyclic) bond motifs is 1. The van der Waals surface area contributed by atoms with Gasteiger partial charge in [0.15, 0.2) is 17.5 Å². The zero-order chi connectivity index (χ0) is 19.4. The Kier molecular flexibility index (Phi) is 5.28. The van der Waals surface area contributed by atoms with Gasteiger partial charge in [0.2, 0.25) is 0 Å². The van der Waals surface area contributed by atoms with Crippen LogP contribution >= 0.6 is 0 Å². The molecule has 0 radical (unpaired) electrons. The molecule has 2 aromatic carbocycles. The molecule has 0 atom stereocenters. The van der Waals surface area contributed by atoms with E-state index in [1.807, 2.05) is 30.3 Å². The third-order valence-corrected chi connectivity index (χ3v) is 5.36. The molecular weight excluding hydrogens is 354 g/mol. The average molecular weight is 381 g/mol. The van der Waals surface area contributed by atoms with Crippen molar-refractivity contribution in [2.75, 3.05) is 39.2 Å². The van der Waals surface area contributed by atoms with Crippen molar-refractivity contribution in [1.29, 1.82) is 0 Å². The van der Waals surface area contributed by atoms with Crippen molar-refractivity contribution >= 4 is 11.6 Å². The van der Waals surface area contributed by atoms with Crippen LogP contribution < -0.4 is 24.8 Å². The van der Waals surface area contributed by atoms with Gasteiger partial charge in [0.05, 0.1) is 20.3 Å². The van der Waals surface area contributed by atoms with Gasteiger partial charge in [0.25, 0.3) is 0 Å². The van der Waals surface area contributed by atoms with Gasteiger partial charge in [0.1, 0.15) is 5.75 Å². The Bertz CT molecular complexity index is 862. The summed E-state index contributed by atoms with van der Waals surface area (Å²) in [6.07, 6.45) is 3.18. The maximum Gasteiger partial charge on any atom is 0.195 e. The van der Waals surface area contributed by atoms with E-state index in [1.54, 1.807) is 14.2 Å². The summed E-state index contributed by atoms with van der Waals surface area (Å²) in [6, 6.07) is 14.1. The number of hydrogen-bond acceptors (Lipinski definition) is 4. The van der Waals surface area contributed by atoms with Gasteiger partial charge < -0.3 is 24.8 Å². The van der Waals surface area contributed by atoms with Crippen molar-refractivity contribution in [2.24, 2.45) is 4.99 Å². The SMILES string of the molecule is CN=C(NCC1(c2ccccc2OC)CC1)Nc1ccc2c(c1)OCCCO2. The number of rotatable bonds is 5. The van der Waals surface area contributed by atoms with E-state index >= 15 is 0 Å². The van der Waals surface area contributed by atoms with Crippen LogP contribution in [0.1, 0.15) is 24.8 Å². The lowest BCUT2D eigenvalue weighted by Gasteiger charge is -2.21. The normalized spacial score (nSPS) is 17.4. The van der Waals surface area contributed by atoms with Crippen LogP contribution in [0.5, 0.6) is 17.2 Å². The van der Waals surface area contributed by atoms with E-state index < -0.39 is 0 Å². The van der Waals surface area contributed by atoms with Gasteiger partial charge in [-0.3, -0.25) is 4.99 Å². The number of ether oxygens (including phenoxy) is 3. The van der Waals surface area contributed by atoms with Gasteiger partial charge in [-0.25, -0.2) is 0 Å². The number of benzene rings is 2. The number of hydrogen-bond donors (Lipinski definition) is 2. The number of aliphatic imine (C=N–C) groups is 1. The molecule has 28 heavy (non-hydrogen) atoms. The summed E-state index contributed by atoms with van der Waals surface area (Å²) < 4.78 is 17.0. The highest BCUT2D eigenvalue weighted by Crippen LogP contribution is 2.50. The quantitative estimate of drug-likeness (QED) is 0.612. The van der Waals surface area contributed by atoms with Crippen molar-refractivity contribution in [3.63, 3.8) is 0 Å². The Morgan fingerprint density at radius 3 is 2.64 bits per heavy atom. The van der Waals surface area contributed by atoms with E-state index in [2.05, 4.69) is 27.8 Å². The molecule has 1 aliphatic heterocycles. The molecule has 2 aromatic rings. The predicted molar refractivity (Wildman–Crippen MR) is 111 cm³/mol. The zero-order valence-electron chi connectivity index (χ0n) is 16.5. The van der Waals surface area contributed by atoms with E-state index in [0.29, 0.717) is 13.2 Å². The van der Waals surface area contributed by atoms with Gasteiger partial charge in [-0.15, -0.1) is 0 Å². The lowest BCUT2D eigenvalue weighted by Crippen LogP contribution is -2.36. The Morgan fingerprint density at radius 1 is 1.11 bits per heavy atom. The van der Waals surface area contributed by atoms with Crippen molar-refractivity contribution in [2.45, 2.75) is 24.7 Å². The summed E-state index contributed by atoms with van der Waals surface area (Å²) >= 11 is 0. The Hall–Kier alpha value is -2.89. The molecule has 4 rings (SSSR count). The molecule has 0 spiro atoms. The summed E-state index contributed by atoms with van der Waals surface area (Å²) in [5.41, 5.74) is 2.28. The van der Waals surface area contributed by atoms with Gasteiger partial charge in [-0.1, -0.05) is 18.2 Å². The molecule has 0 bridgehead atoms. The van der Waals surface area contributed by atoms with Crippen LogP contribution in [0, 0.1) is 0 Å². The van der Waals surface area contributed by atoms with Crippen molar-refractivity contribution < 1.29 is 14.2 Å². The molecule has 0 amide bonds. The molecule has 2 aliphatic rings. The van der Waals surface area contributed by atoms with Crippen LogP contribution in [0.2, 0.25) is 0 Å². The summed E-state index contributed by atoms with van der Waals surface area (Å²) in [4.78, 5) is 4.37. The maximum atomic E-state index is 5.77. The van der Waals surface area contributed by atoms with Gasteiger partial charge in [0, 0.05) is 42.7 Å². The maximum absolute atomic E-state index is 5.77. The fourth-order valence-corrected chi connectivity index (χ4v) is 3.58. The topological polar surface area (TPSA) is 64.1 Å². The largest absolute Gasteiger partial charge is 0.496 e. The molecular formula is C22H27N3O3. The molecule has 0 unspecified atom stereocenters. The average Bonchev–Trinajstić information content (AvgIpc) is 3.55. The number of para-hydroxylation sites is 1. The minimum absolute atomic E-state index is 0.106. The molecule has 1 aliphatic carbocycles. The third kappa shape index (κ3) is 3.86. The monoisotopic (exact) mass is 381 g/mol. The third-order valence-electron chi connectivity index (χ3n) is 5.36. The van der Waals surface area contributed by atoms with E-state index in [1.165, 1.54) is 5.56 Å². The summed E-state index contributed by atoms with van der Waals surface area (Å²) in [7, 11) is 3.51. The van der Waals surface area contributed by atoms with Gasteiger partial charge in [-0.2, -0.15) is 0 Å². The standard InChI is InChI=1S/C22H27N3O3/c1-23-21(25-16-8-9-19-20(14-16)28-13-5-12-27-19)24-15-22(10-11-22)17-6-3-4-7-18(17)26-2/h3-4,6-9,14H,5,10-13,15H2,1-2H3,(H2,23,24,25). The number of anilines is 1. The first-order valence-corrected chi connectivity index (χ1v) is 9.75. The van der Waals surface area contributed by atoms with Crippen LogP contribution in [0.3, 0.4) is 0 Å². The second kappa shape index (κ2) is 8.00. The van der Waals surface area contributed by atoms with E-state index in [9.17, 15) is 0 Å². The molecule has 1 saturated carbocycles. The van der Waals surface area contributed by atoms with Crippen molar-refractivity contribution in [3.8, 4) is 17.2 Å². The lowest BCUT2D eigenvalue weighted by molar-refractivity contribution is 0.297. The first kappa shape index (κ1) is 18.5. The summed E-state index contributed by atoms with van der Waals surface area (Å²) in [5, 5.41) is 6.83. The molecule has 1 fully saturated rings. The fourth-order valence-electron chi connectivity index (χ4n) is 3.58. The number of methoxy groups -OCH3 is 1. The van der Waals surface area contributed by atoms with Crippen LogP contribution in [0.15, 0.2) is 47.5 Å². The second-order valence-corrected chi connectivity index (χ2v) is 7.24. The van der Waals surface area contributed by atoms with E-state index in [0.717, 1.165) is 54.7 Å². The fraction of sp³-hybridized carbons (Fsp3) is 0.409. The second-order valence-electron chi connectivity index (χ2n) is 7.24. The molecule has 2 N–H and O–H groups in total. The number of nitrogens with one attached hydrogen (secondary N) is 2. The zero-order valence-corrected chi connectivity index (χ0v) is 16.5.